The van der Waals surface area contributed by atoms with Crippen molar-refractivity contribution in [1.29, 1.82) is 0 Å². The summed E-state index contributed by atoms with van der Waals surface area (Å²) in [7, 11) is 0. The molecular formula is C16H14N2O. The van der Waals surface area contributed by atoms with Crippen LogP contribution in [-0.2, 0) is 6.61 Å². The number of para-hydroxylation sites is 2. The summed E-state index contributed by atoms with van der Waals surface area (Å²) < 4.78 is 5.84. The molecule has 0 atom stereocenters. The number of nitrogen functional groups attached to an aromatic ring is 1. The van der Waals surface area contributed by atoms with Crippen molar-refractivity contribution in [2.45, 2.75) is 6.61 Å². The van der Waals surface area contributed by atoms with Crippen molar-refractivity contribution >= 4 is 16.6 Å². The molecule has 0 fully saturated rings. The third-order valence-electron chi connectivity index (χ3n) is 3.03. The van der Waals surface area contributed by atoms with Gasteiger partial charge < -0.3 is 10.5 Å². The molecule has 0 aliphatic heterocycles. The molecule has 2 N–H and O–H groups in total. The number of ether oxygens (including phenoxy) is 1. The second kappa shape index (κ2) is 4.98. The van der Waals surface area contributed by atoms with Gasteiger partial charge in [0, 0.05) is 22.8 Å². The van der Waals surface area contributed by atoms with E-state index in [0.717, 1.165) is 27.9 Å². The van der Waals surface area contributed by atoms with Crippen LogP contribution in [0.15, 0.2) is 60.8 Å². The van der Waals surface area contributed by atoms with Crippen LogP contribution in [-0.4, -0.2) is 4.98 Å². The van der Waals surface area contributed by atoms with Crippen molar-refractivity contribution in [2.24, 2.45) is 0 Å². The standard InChI is InChI=1S/C16H14N2O/c17-14-8-2-1-5-13(14)11-19-15-9-3-6-12-7-4-10-18-16(12)15/h1-10H,11,17H2. The number of aromatic nitrogens is 1. The van der Waals surface area contributed by atoms with E-state index in [1.165, 1.54) is 0 Å². The number of fused-ring (bicyclic) bond motifs is 1. The number of hydrogen-bond acceptors (Lipinski definition) is 3. The highest BCUT2D eigenvalue weighted by Gasteiger charge is 2.04. The Balaban J connectivity index is 1.88. The molecule has 1 aromatic heterocycles. The van der Waals surface area contributed by atoms with Crippen LogP contribution in [0.25, 0.3) is 10.9 Å². The molecule has 0 saturated heterocycles. The monoisotopic (exact) mass is 250 g/mol. The highest BCUT2D eigenvalue weighted by Crippen LogP contribution is 2.24. The number of benzene rings is 2. The molecule has 0 amide bonds. The van der Waals surface area contributed by atoms with Crippen LogP contribution < -0.4 is 10.5 Å². The van der Waals surface area contributed by atoms with Crippen LogP contribution in [0.4, 0.5) is 5.69 Å². The number of rotatable bonds is 3. The minimum atomic E-state index is 0.447. The van der Waals surface area contributed by atoms with Crippen LogP contribution in [0, 0.1) is 0 Å². The maximum Gasteiger partial charge on any atom is 0.146 e. The first-order chi connectivity index (χ1) is 9.34. The van der Waals surface area contributed by atoms with E-state index in [1.807, 2.05) is 54.6 Å². The minimum absolute atomic E-state index is 0.447. The number of pyridine rings is 1. The molecule has 3 rings (SSSR count). The zero-order valence-corrected chi connectivity index (χ0v) is 10.4. The lowest BCUT2D eigenvalue weighted by Gasteiger charge is -2.10. The van der Waals surface area contributed by atoms with Gasteiger partial charge in [-0.05, 0) is 18.2 Å². The maximum absolute atomic E-state index is 5.90. The topological polar surface area (TPSA) is 48.1 Å². The second-order valence-electron chi connectivity index (χ2n) is 4.32. The van der Waals surface area contributed by atoms with Crippen LogP contribution in [0.1, 0.15) is 5.56 Å². The van der Waals surface area contributed by atoms with Crippen molar-refractivity contribution in [3.05, 3.63) is 66.4 Å². The van der Waals surface area contributed by atoms with E-state index in [9.17, 15) is 0 Å². The zero-order valence-electron chi connectivity index (χ0n) is 10.4. The Morgan fingerprint density at radius 1 is 0.947 bits per heavy atom. The van der Waals surface area contributed by atoms with Gasteiger partial charge in [0.2, 0.25) is 0 Å². The van der Waals surface area contributed by atoms with Gasteiger partial charge in [-0.25, -0.2) is 0 Å². The van der Waals surface area contributed by atoms with Gasteiger partial charge in [0.05, 0.1) is 0 Å². The van der Waals surface area contributed by atoms with Gasteiger partial charge in [-0.1, -0.05) is 36.4 Å². The second-order valence-corrected chi connectivity index (χ2v) is 4.32. The molecule has 0 spiro atoms. The summed E-state index contributed by atoms with van der Waals surface area (Å²) >= 11 is 0. The average Bonchev–Trinajstić information content (AvgIpc) is 2.46. The number of hydrogen-bond donors (Lipinski definition) is 1. The lowest BCUT2D eigenvalue weighted by Crippen LogP contribution is -2.00. The minimum Gasteiger partial charge on any atom is -0.487 e. The largest absolute Gasteiger partial charge is 0.487 e. The van der Waals surface area contributed by atoms with Crippen LogP contribution >= 0.6 is 0 Å². The lowest BCUT2D eigenvalue weighted by molar-refractivity contribution is 0.310. The molecular weight excluding hydrogens is 236 g/mol. The highest BCUT2D eigenvalue weighted by molar-refractivity contribution is 5.84. The molecule has 0 aliphatic carbocycles. The van der Waals surface area contributed by atoms with Crippen molar-refractivity contribution in [3.63, 3.8) is 0 Å². The highest BCUT2D eigenvalue weighted by atomic mass is 16.5. The van der Waals surface area contributed by atoms with Crippen molar-refractivity contribution < 1.29 is 4.74 Å². The van der Waals surface area contributed by atoms with Gasteiger partial charge >= 0.3 is 0 Å². The summed E-state index contributed by atoms with van der Waals surface area (Å²) in [5.41, 5.74) is 8.50. The van der Waals surface area contributed by atoms with Crippen LogP contribution in [0.3, 0.4) is 0 Å². The molecule has 94 valence electrons. The predicted octanol–water partition coefficient (Wildman–Crippen LogP) is 3.40. The molecule has 0 unspecified atom stereocenters. The average molecular weight is 250 g/mol. The molecule has 0 saturated carbocycles. The summed E-state index contributed by atoms with van der Waals surface area (Å²) in [6.45, 7) is 0.447. The molecule has 0 bridgehead atoms. The Bertz CT molecular complexity index is 704. The third-order valence-corrected chi connectivity index (χ3v) is 3.03. The summed E-state index contributed by atoms with van der Waals surface area (Å²) in [6, 6.07) is 17.6. The Morgan fingerprint density at radius 3 is 2.68 bits per heavy atom. The smallest absolute Gasteiger partial charge is 0.146 e. The Hall–Kier alpha value is -2.55. The van der Waals surface area contributed by atoms with Gasteiger partial charge in [-0.15, -0.1) is 0 Å². The SMILES string of the molecule is Nc1ccccc1COc1cccc2cccnc12. The van der Waals surface area contributed by atoms with Gasteiger partial charge in [0.15, 0.2) is 0 Å². The Morgan fingerprint density at radius 2 is 1.79 bits per heavy atom. The van der Waals surface area contributed by atoms with E-state index in [1.54, 1.807) is 6.20 Å². The normalized spacial score (nSPS) is 10.5. The van der Waals surface area contributed by atoms with E-state index in [0.29, 0.717) is 6.61 Å². The molecule has 0 radical (unpaired) electrons. The molecule has 19 heavy (non-hydrogen) atoms. The van der Waals surface area contributed by atoms with Gasteiger partial charge in [0.1, 0.15) is 17.9 Å². The van der Waals surface area contributed by atoms with E-state index < -0.39 is 0 Å². The maximum atomic E-state index is 5.90. The molecule has 3 nitrogen and oxygen atoms in total. The van der Waals surface area contributed by atoms with Gasteiger partial charge in [0.25, 0.3) is 0 Å². The zero-order chi connectivity index (χ0) is 13.1. The van der Waals surface area contributed by atoms with Gasteiger partial charge in [-0.3, -0.25) is 4.98 Å². The molecule has 0 aliphatic rings. The fraction of sp³-hybridized carbons (Fsp3) is 0.0625. The fourth-order valence-corrected chi connectivity index (χ4v) is 2.01. The summed E-state index contributed by atoms with van der Waals surface area (Å²) in [6.07, 6.45) is 1.77. The van der Waals surface area contributed by atoms with E-state index in [2.05, 4.69) is 4.98 Å². The van der Waals surface area contributed by atoms with Crippen molar-refractivity contribution in [2.75, 3.05) is 5.73 Å². The van der Waals surface area contributed by atoms with E-state index in [4.69, 9.17) is 10.5 Å². The first kappa shape index (κ1) is 11.5. The number of nitrogens with two attached hydrogens (primary N) is 1. The van der Waals surface area contributed by atoms with Gasteiger partial charge in [-0.2, -0.15) is 0 Å². The Labute approximate surface area is 111 Å². The first-order valence-electron chi connectivity index (χ1n) is 6.14. The van der Waals surface area contributed by atoms with Crippen LogP contribution in [0.5, 0.6) is 5.75 Å². The number of anilines is 1. The summed E-state index contributed by atoms with van der Waals surface area (Å²) in [4.78, 5) is 4.36. The summed E-state index contributed by atoms with van der Waals surface area (Å²) in [5.74, 6) is 0.779. The van der Waals surface area contributed by atoms with E-state index >= 15 is 0 Å². The van der Waals surface area contributed by atoms with Crippen molar-refractivity contribution in [1.82, 2.24) is 4.98 Å². The first-order valence-corrected chi connectivity index (χ1v) is 6.14. The Kier molecular flexibility index (Phi) is 3.02. The van der Waals surface area contributed by atoms with Crippen molar-refractivity contribution in [3.8, 4) is 5.75 Å². The third kappa shape index (κ3) is 2.36. The predicted molar refractivity (Wildman–Crippen MR) is 76.9 cm³/mol. The van der Waals surface area contributed by atoms with Crippen LogP contribution in [0.2, 0.25) is 0 Å². The quantitative estimate of drug-likeness (QED) is 0.725. The molecule has 3 aromatic rings. The lowest BCUT2D eigenvalue weighted by atomic mass is 10.2. The number of nitrogens with zero attached hydrogens (tertiary/aromatic N) is 1. The molecule has 1 heterocycles. The van der Waals surface area contributed by atoms with E-state index in [-0.39, 0.29) is 0 Å². The molecule has 2 aromatic carbocycles. The molecule has 3 heteroatoms. The fourth-order valence-electron chi connectivity index (χ4n) is 2.01. The summed E-state index contributed by atoms with van der Waals surface area (Å²) in [5, 5.41) is 1.07.